The summed E-state index contributed by atoms with van der Waals surface area (Å²) in [5.74, 6) is 1.44. The zero-order valence-electron chi connectivity index (χ0n) is 15.3. The number of unbranched alkanes of at least 4 members (excludes halogenated alkanes) is 1. The summed E-state index contributed by atoms with van der Waals surface area (Å²) in [6, 6.07) is 0. The molecule has 0 amide bonds. The van der Waals surface area contributed by atoms with Gasteiger partial charge in [-0.05, 0) is 25.7 Å². The molecule has 24 heavy (non-hydrogen) atoms. The lowest BCUT2D eigenvalue weighted by molar-refractivity contribution is 0.0888. The van der Waals surface area contributed by atoms with Gasteiger partial charge in [-0.2, -0.15) is 0 Å². The smallest absolute Gasteiger partial charge is 0.190 e. The lowest BCUT2D eigenvalue weighted by atomic mass is 10.1. The first-order chi connectivity index (χ1) is 11.4. The maximum absolute atomic E-state index is 5.68. The highest BCUT2D eigenvalue weighted by Crippen LogP contribution is 2.12. The summed E-state index contributed by atoms with van der Waals surface area (Å²) in [6.45, 7) is 8.96. The molecular formula is C17H36IN3O3. The zero-order chi connectivity index (χ0) is 16.6. The Labute approximate surface area is 164 Å². The lowest BCUT2D eigenvalue weighted by Crippen LogP contribution is -2.38. The van der Waals surface area contributed by atoms with Crippen molar-refractivity contribution in [1.29, 1.82) is 0 Å². The van der Waals surface area contributed by atoms with E-state index >= 15 is 0 Å². The van der Waals surface area contributed by atoms with Crippen LogP contribution in [0.5, 0.6) is 0 Å². The molecule has 7 heteroatoms. The fourth-order valence-electron chi connectivity index (χ4n) is 2.30. The third-order valence-electron chi connectivity index (χ3n) is 3.76. The topological polar surface area (TPSA) is 64.1 Å². The van der Waals surface area contributed by atoms with E-state index in [0.29, 0.717) is 5.92 Å². The Bertz CT molecular complexity index is 301. The molecule has 6 nitrogen and oxygen atoms in total. The van der Waals surface area contributed by atoms with Crippen LogP contribution in [0.15, 0.2) is 4.99 Å². The molecule has 1 atom stereocenters. The van der Waals surface area contributed by atoms with Crippen molar-refractivity contribution in [2.45, 2.75) is 39.0 Å². The molecule has 1 fully saturated rings. The van der Waals surface area contributed by atoms with Crippen LogP contribution in [0.4, 0.5) is 0 Å². The second-order valence-electron chi connectivity index (χ2n) is 5.90. The molecule has 0 aliphatic carbocycles. The number of hydrogen-bond acceptors (Lipinski definition) is 4. The Kier molecular flexibility index (Phi) is 17.6. The van der Waals surface area contributed by atoms with Crippen molar-refractivity contribution >= 4 is 29.9 Å². The summed E-state index contributed by atoms with van der Waals surface area (Å²) in [4.78, 5) is 4.21. The number of halogens is 1. The van der Waals surface area contributed by atoms with Gasteiger partial charge in [-0.15, -0.1) is 24.0 Å². The summed E-state index contributed by atoms with van der Waals surface area (Å²) < 4.78 is 16.5. The van der Waals surface area contributed by atoms with Gasteiger partial charge in [0.2, 0.25) is 0 Å². The predicted octanol–water partition coefficient (Wildman–Crippen LogP) is 2.42. The highest BCUT2D eigenvalue weighted by molar-refractivity contribution is 14.0. The number of ether oxygens (including phenoxy) is 3. The summed E-state index contributed by atoms with van der Waals surface area (Å²) in [5, 5.41) is 6.60. The largest absolute Gasteiger partial charge is 0.381 e. The highest BCUT2D eigenvalue weighted by Gasteiger charge is 2.15. The summed E-state index contributed by atoms with van der Waals surface area (Å²) in [5.41, 5.74) is 0. The van der Waals surface area contributed by atoms with E-state index in [-0.39, 0.29) is 24.0 Å². The van der Waals surface area contributed by atoms with Gasteiger partial charge >= 0.3 is 0 Å². The number of nitrogens with one attached hydrogen (secondary N) is 2. The highest BCUT2D eigenvalue weighted by atomic mass is 127. The first-order valence-electron chi connectivity index (χ1n) is 9.04. The molecule has 0 bridgehead atoms. The van der Waals surface area contributed by atoms with Crippen LogP contribution in [0.2, 0.25) is 0 Å². The summed E-state index contributed by atoms with van der Waals surface area (Å²) in [6.07, 6.45) is 5.45. The van der Waals surface area contributed by atoms with Gasteiger partial charge in [-0.25, -0.2) is 0 Å². The van der Waals surface area contributed by atoms with Crippen molar-refractivity contribution in [3.8, 4) is 0 Å². The average molecular weight is 457 g/mol. The number of hydrogen-bond donors (Lipinski definition) is 2. The minimum atomic E-state index is 0. The molecule has 0 aromatic heterocycles. The van der Waals surface area contributed by atoms with Crippen molar-refractivity contribution in [1.82, 2.24) is 10.6 Å². The number of rotatable bonds is 13. The van der Waals surface area contributed by atoms with Crippen LogP contribution in [-0.4, -0.2) is 65.7 Å². The van der Waals surface area contributed by atoms with E-state index in [1.165, 1.54) is 6.42 Å². The van der Waals surface area contributed by atoms with Gasteiger partial charge in [0.25, 0.3) is 0 Å². The molecule has 0 saturated carbocycles. The molecule has 0 aromatic rings. The Hall–Kier alpha value is -0.120. The molecule has 0 aromatic carbocycles. The lowest BCUT2D eigenvalue weighted by Gasteiger charge is -2.12. The third kappa shape index (κ3) is 13.2. The van der Waals surface area contributed by atoms with Gasteiger partial charge in [-0.1, -0.05) is 13.3 Å². The van der Waals surface area contributed by atoms with Crippen LogP contribution in [0.1, 0.15) is 39.0 Å². The van der Waals surface area contributed by atoms with Gasteiger partial charge in [0.1, 0.15) is 0 Å². The first kappa shape index (κ1) is 23.9. The Morgan fingerprint density at radius 3 is 2.33 bits per heavy atom. The first-order valence-corrected chi connectivity index (χ1v) is 9.04. The molecule has 1 aliphatic heterocycles. The van der Waals surface area contributed by atoms with E-state index in [1.807, 2.05) is 0 Å². The number of nitrogens with zero attached hydrogens (tertiary/aromatic N) is 1. The molecule has 144 valence electrons. The van der Waals surface area contributed by atoms with E-state index < -0.39 is 0 Å². The van der Waals surface area contributed by atoms with E-state index in [9.17, 15) is 0 Å². The Morgan fingerprint density at radius 2 is 1.75 bits per heavy atom. The van der Waals surface area contributed by atoms with Crippen LogP contribution in [0.3, 0.4) is 0 Å². The van der Waals surface area contributed by atoms with Crippen LogP contribution in [0.25, 0.3) is 0 Å². The monoisotopic (exact) mass is 457 g/mol. The molecule has 1 heterocycles. The van der Waals surface area contributed by atoms with Gasteiger partial charge in [0.15, 0.2) is 5.96 Å². The molecular weight excluding hydrogens is 421 g/mol. The molecule has 0 radical (unpaired) electrons. The normalized spacial score (nSPS) is 17.6. The Balaban J connectivity index is 0.00000529. The molecule has 1 unspecified atom stereocenters. The average Bonchev–Trinajstić information content (AvgIpc) is 3.08. The van der Waals surface area contributed by atoms with E-state index in [2.05, 4.69) is 22.5 Å². The second-order valence-corrected chi connectivity index (χ2v) is 5.90. The van der Waals surface area contributed by atoms with Crippen molar-refractivity contribution in [2.75, 3.05) is 59.8 Å². The standard InChI is InChI=1S/C17H35N3O3.HI/c1-3-4-10-21-11-5-8-19-17(18-2)20-9-6-12-22-14-16-7-13-23-15-16;/h16H,3-15H2,1-2H3,(H2,18,19,20);1H. The molecule has 1 saturated heterocycles. The molecule has 1 aliphatic rings. The van der Waals surface area contributed by atoms with Crippen molar-refractivity contribution in [3.05, 3.63) is 0 Å². The van der Waals surface area contributed by atoms with Crippen LogP contribution in [0, 0.1) is 5.92 Å². The third-order valence-corrected chi connectivity index (χ3v) is 3.76. The fourth-order valence-corrected chi connectivity index (χ4v) is 2.30. The van der Waals surface area contributed by atoms with Crippen molar-refractivity contribution in [3.63, 3.8) is 0 Å². The van der Waals surface area contributed by atoms with Gasteiger partial charge in [0, 0.05) is 52.5 Å². The van der Waals surface area contributed by atoms with Crippen molar-refractivity contribution in [2.24, 2.45) is 10.9 Å². The minimum absolute atomic E-state index is 0. The fraction of sp³-hybridized carbons (Fsp3) is 0.941. The molecule has 2 N–H and O–H groups in total. The predicted molar refractivity (Wildman–Crippen MR) is 109 cm³/mol. The number of guanidine groups is 1. The van der Waals surface area contributed by atoms with E-state index in [4.69, 9.17) is 14.2 Å². The van der Waals surface area contributed by atoms with E-state index in [0.717, 1.165) is 84.4 Å². The maximum atomic E-state index is 5.68. The van der Waals surface area contributed by atoms with E-state index in [1.54, 1.807) is 7.05 Å². The van der Waals surface area contributed by atoms with Crippen molar-refractivity contribution < 1.29 is 14.2 Å². The zero-order valence-corrected chi connectivity index (χ0v) is 17.7. The maximum Gasteiger partial charge on any atom is 0.190 e. The molecule has 1 rings (SSSR count). The van der Waals surface area contributed by atoms with Crippen LogP contribution in [-0.2, 0) is 14.2 Å². The second kappa shape index (κ2) is 17.7. The molecule has 0 spiro atoms. The summed E-state index contributed by atoms with van der Waals surface area (Å²) in [7, 11) is 1.80. The van der Waals surface area contributed by atoms with Gasteiger partial charge in [0.05, 0.1) is 13.2 Å². The number of aliphatic imine (C=N–C) groups is 1. The Morgan fingerprint density at radius 1 is 1.08 bits per heavy atom. The quantitative estimate of drug-likeness (QED) is 0.193. The minimum Gasteiger partial charge on any atom is -0.381 e. The van der Waals surface area contributed by atoms with Gasteiger partial charge in [-0.3, -0.25) is 4.99 Å². The summed E-state index contributed by atoms with van der Waals surface area (Å²) >= 11 is 0. The van der Waals surface area contributed by atoms with Crippen LogP contribution < -0.4 is 10.6 Å². The van der Waals surface area contributed by atoms with Gasteiger partial charge < -0.3 is 24.8 Å². The SMILES string of the molecule is CCCCOCCCNC(=NC)NCCCOCC1CCOC1.I. The van der Waals surface area contributed by atoms with Crippen LogP contribution >= 0.6 is 24.0 Å².